The Balaban J connectivity index is 1.42. The molecule has 0 unspecified atom stereocenters. The summed E-state index contributed by atoms with van der Waals surface area (Å²) in [6, 6.07) is 16.8. The van der Waals surface area contributed by atoms with Gasteiger partial charge in [0.25, 0.3) is 11.8 Å². The zero-order chi connectivity index (χ0) is 25.9. The quantitative estimate of drug-likeness (QED) is 0.418. The van der Waals surface area contributed by atoms with Crippen molar-refractivity contribution in [1.29, 1.82) is 0 Å². The molecule has 1 aliphatic heterocycles. The molecule has 9 heteroatoms. The fourth-order valence-electron chi connectivity index (χ4n) is 4.47. The molecule has 2 amide bonds. The number of aryl methyl sites for hydroxylation is 1. The summed E-state index contributed by atoms with van der Waals surface area (Å²) in [7, 11) is 1.77. The van der Waals surface area contributed by atoms with Crippen LogP contribution in [0.5, 0.6) is 0 Å². The third-order valence-corrected chi connectivity index (χ3v) is 6.58. The van der Waals surface area contributed by atoms with Crippen LogP contribution in [0.1, 0.15) is 37.4 Å². The number of ketones is 1. The van der Waals surface area contributed by atoms with Crippen LogP contribution in [-0.2, 0) is 31.2 Å². The molecule has 5 rings (SSSR count). The Morgan fingerprint density at radius 2 is 1.89 bits per heavy atom. The number of amides is 2. The number of fused-ring (bicyclic) bond motifs is 1. The zero-order valence-electron chi connectivity index (χ0n) is 20.1. The lowest BCUT2D eigenvalue weighted by Gasteiger charge is -2.29. The van der Waals surface area contributed by atoms with Crippen molar-refractivity contribution in [2.75, 3.05) is 5.32 Å². The zero-order valence-corrected chi connectivity index (χ0v) is 20.9. The molecular weight excluding hydrogens is 490 g/mol. The number of rotatable bonds is 6. The minimum Gasteiger partial charge on any atom is -0.324 e. The Labute approximate surface area is 218 Å². The first kappa shape index (κ1) is 24.4. The van der Waals surface area contributed by atoms with Crippen molar-refractivity contribution in [1.82, 2.24) is 19.7 Å². The van der Waals surface area contributed by atoms with Gasteiger partial charge in [-0.1, -0.05) is 29.8 Å². The fourth-order valence-corrected chi connectivity index (χ4v) is 4.66. The molecule has 1 atom stereocenters. The molecule has 0 saturated carbocycles. The largest absolute Gasteiger partial charge is 0.324 e. The van der Waals surface area contributed by atoms with E-state index in [4.69, 9.17) is 11.6 Å². The van der Waals surface area contributed by atoms with Crippen LogP contribution in [0.25, 0.3) is 0 Å². The smallest absolute Gasteiger partial charge is 0.256 e. The molecule has 186 valence electrons. The van der Waals surface area contributed by atoms with Crippen LogP contribution in [0.2, 0.25) is 5.02 Å². The average Bonchev–Trinajstić information content (AvgIpc) is 3.27. The number of Topliss-reactive ketones (excluding diaryl/α,β-unsaturated/α-hetero) is 1. The molecule has 0 aliphatic carbocycles. The van der Waals surface area contributed by atoms with Gasteiger partial charge in [0.15, 0.2) is 11.6 Å². The lowest BCUT2D eigenvalue weighted by Crippen LogP contribution is -2.44. The molecule has 4 aromatic rings. The third kappa shape index (κ3) is 5.44. The maximum absolute atomic E-state index is 13.7. The van der Waals surface area contributed by atoms with Gasteiger partial charge in [0, 0.05) is 67.2 Å². The Hall–Kier alpha value is -4.30. The number of carbonyl (C=O) groups is 3. The number of benzene rings is 2. The van der Waals surface area contributed by atoms with Gasteiger partial charge in [-0.15, -0.1) is 0 Å². The number of carbonyl (C=O) groups excluding carboxylic acids is 3. The van der Waals surface area contributed by atoms with E-state index < -0.39 is 6.04 Å². The summed E-state index contributed by atoms with van der Waals surface area (Å²) in [4.78, 5) is 45.5. The molecule has 3 heterocycles. The molecule has 0 spiro atoms. The molecule has 8 nitrogen and oxygen atoms in total. The van der Waals surface area contributed by atoms with Crippen LogP contribution < -0.4 is 5.32 Å². The predicted octanol–water partition coefficient (Wildman–Crippen LogP) is 4.10. The van der Waals surface area contributed by atoms with Crippen LogP contribution in [-0.4, -0.2) is 43.3 Å². The van der Waals surface area contributed by atoms with Gasteiger partial charge in [-0.2, -0.15) is 5.10 Å². The Bertz CT molecular complexity index is 1470. The number of hydrogen-bond acceptors (Lipinski definition) is 5. The van der Waals surface area contributed by atoms with Crippen molar-refractivity contribution >= 4 is 35.0 Å². The Kier molecular flexibility index (Phi) is 6.83. The van der Waals surface area contributed by atoms with Crippen molar-refractivity contribution in [3.63, 3.8) is 0 Å². The van der Waals surface area contributed by atoms with Crippen molar-refractivity contribution in [2.45, 2.75) is 25.4 Å². The maximum Gasteiger partial charge on any atom is 0.256 e. The predicted molar refractivity (Wildman–Crippen MR) is 139 cm³/mol. The first-order chi connectivity index (χ1) is 17.9. The Morgan fingerprint density at radius 1 is 1.08 bits per heavy atom. The monoisotopic (exact) mass is 513 g/mol. The van der Waals surface area contributed by atoms with Gasteiger partial charge in [0.2, 0.25) is 0 Å². The number of nitrogens with zero attached hydrogens (tertiary/aromatic N) is 4. The van der Waals surface area contributed by atoms with Gasteiger partial charge in [-0.25, -0.2) is 0 Å². The molecule has 0 fully saturated rings. The van der Waals surface area contributed by atoms with E-state index in [9.17, 15) is 14.4 Å². The highest BCUT2D eigenvalue weighted by atomic mass is 35.5. The van der Waals surface area contributed by atoms with E-state index in [0.717, 1.165) is 11.1 Å². The summed E-state index contributed by atoms with van der Waals surface area (Å²) in [6.45, 7) is 0.208. The topological polar surface area (TPSA) is 97.2 Å². The summed E-state index contributed by atoms with van der Waals surface area (Å²) < 4.78 is 1.60. The molecule has 0 saturated heterocycles. The normalized spacial score (nSPS) is 15.3. The summed E-state index contributed by atoms with van der Waals surface area (Å²) >= 11 is 6.17. The van der Waals surface area contributed by atoms with Crippen LogP contribution >= 0.6 is 11.6 Å². The van der Waals surface area contributed by atoms with E-state index in [1.165, 1.54) is 0 Å². The standard InChI is InChI=1S/C28H24ClN5O3/c1-33-12-10-26(32-33)31-27(36)20-6-4-18(5-7-20)17-34-24(13-19-3-2-11-30-16-19)25(35)15-21-14-22(29)8-9-23(21)28(34)37/h2-12,14,16,24H,13,15,17H2,1H3,(H,31,32,36)/t24-/m1/s1. The summed E-state index contributed by atoms with van der Waals surface area (Å²) in [5.41, 5.74) is 3.22. The molecule has 1 N–H and O–H groups in total. The molecule has 2 aromatic heterocycles. The lowest BCUT2D eigenvalue weighted by molar-refractivity contribution is -0.122. The Morgan fingerprint density at radius 3 is 2.59 bits per heavy atom. The minimum atomic E-state index is -0.671. The molecule has 0 radical (unpaired) electrons. The molecular formula is C28H24ClN5O3. The number of hydrogen-bond donors (Lipinski definition) is 1. The summed E-state index contributed by atoms with van der Waals surface area (Å²) in [6.07, 6.45) is 5.59. The first-order valence-corrected chi connectivity index (χ1v) is 12.2. The number of halogens is 1. The highest BCUT2D eigenvalue weighted by Crippen LogP contribution is 2.27. The number of pyridine rings is 1. The number of nitrogens with one attached hydrogen (secondary N) is 1. The third-order valence-electron chi connectivity index (χ3n) is 6.35. The molecule has 2 aromatic carbocycles. The van der Waals surface area contributed by atoms with Crippen LogP contribution in [0.15, 0.2) is 79.3 Å². The van der Waals surface area contributed by atoms with E-state index in [1.807, 2.05) is 12.1 Å². The van der Waals surface area contributed by atoms with Gasteiger partial charge < -0.3 is 10.2 Å². The van der Waals surface area contributed by atoms with Crippen molar-refractivity contribution in [2.24, 2.45) is 7.05 Å². The SMILES string of the molecule is Cn1ccc(NC(=O)c2ccc(CN3C(=O)c4ccc(Cl)cc4CC(=O)[C@H]3Cc3cccnc3)cc2)n1. The first-order valence-electron chi connectivity index (χ1n) is 11.8. The minimum absolute atomic E-state index is 0.0652. The lowest BCUT2D eigenvalue weighted by atomic mass is 9.98. The van der Waals surface area contributed by atoms with Crippen LogP contribution in [0.4, 0.5) is 5.82 Å². The number of aromatic nitrogens is 3. The fraction of sp³-hybridized carbons (Fsp3) is 0.179. The average molecular weight is 514 g/mol. The van der Waals surface area contributed by atoms with E-state index in [-0.39, 0.29) is 30.6 Å². The van der Waals surface area contributed by atoms with E-state index in [0.29, 0.717) is 34.0 Å². The summed E-state index contributed by atoms with van der Waals surface area (Å²) in [5.74, 6) is -0.123. The highest BCUT2D eigenvalue weighted by Gasteiger charge is 2.35. The highest BCUT2D eigenvalue weighted by molar-refractivity contribution is 6.30. The van der Waals surface area contributed by atoms with Crippen molar-refractivity contribution < 1.29 is 14.4 Å². The van der Waals surface area contributed by atoms with Crippen molar-refractivity contribution in [3.8, 4) is 0 Å². The van der Waals surface area contributed by atoms with Gasteiger partial charge in [0.1, 0.15) is 0 Å². The van der Waals surface area contributed by atoms with Crippen LogP contribution in [0.3, 0.4) is 0 Å². The van der Waals surface area contributed by atoms with E-state index in [1.54, 1.807) is 83.8 Å². The van der Waals surface area contributed by atoms with Gasteiger partial charge in [0.05, 0.1) is 6.04 Å². The van der Waals surface area contributed by atoms with E-state index >= 15 is 0 Å². The van der Waals surface area contributed by atoms with Crippen molar-refractivity contribution in [3.05, 3.63) is 112 Å². The second-order valence-corrected chi connectivity index (χ2v) is 9.42. The van der Waals surface area contributed by atoms with E-state index in [2.05, 4.69) is 15.4 Å². The summed E-state index contributed by atoms with van der Waals surface area (Å²) in [5, 5.41) is 7.39. The molecule has 37 heavy (non-hydrogen) atoms. The second-order valence-electron chi connectivity index (χ2n) is 8.98. The van der Waals surface area contributed by atoms with Gasteiger partial charge in [-0.05, 0) is 53.1 Å². The van der Waals surface area contributed by atoms with Gasteiger partial charge >= 0.3 is 0 Å². The van der Waals surface area contributed by atoms with Gasteiger partial charge in [-0.3, -0.25) is 24.0 Å². The number of anilines is 1. The molecule has 1 aliphatic rings. The molecule has 0 bridgehead atoms. The maximum atomic E-state index is 13.7. The second kappa shape index (κ2) is 10.4. The van der Waals surface area contributed by atoms with Crippen LogP contribution in [0, 0.1) is 0 Å².